The van der Waals surface area contributed by atoms with Gasteiger partial charge in [-0.2, -0.15) is 0 Å². The first-order chi connectivity index (χ1) is 14.2. The molecule has 0 spiro atoms. The fourth-order valence-electron chi connectivity index (χ4n) is 3.96. The van der Waals surface area contributed by atoms with Crippen LogP contribution in [0, 0.1) is 0 Å². The van der Waals surface area contributed by atoms with Crippen molar-refractivity contribution < 1.29 is 5.11 Å². The molecule has 0 saturated carbocycles. The topological polar surface area (TPSA) is 38.7 Å². The molecular weight excluding hydrogens is 358 g/mol. The number of nitrogens with one attached hydrogen (secondary N) is 1. The largest absolute Gasteiger partial charge is 0.379 e. The van der Waals surface area contributed by atoms with Crippen LogP contribution in [0.15, 0.2) is 84.9 Å². The summed E-state index contributed by atoms with van der Waals surface area (Å²) in [5, 5.41) is 13.5. The van der Waals surface area contributed by atoms with E-state index in [0.717, 1.165) is 31.9 Å². The Morgan fingerprint density at radius 2 is 1.34 bits per heavy atom. The van der Waals surface area contributed by atoms with Crippen LogP contribution in [-0.2, 0) is 0 Å². The lowest BCUT2D eigenvalue weighted by atomic mass is 9.98. The van der Waals surface area contributed by atoms with Crippen molar-refractivity contribution in [1.29, 1.82) is 0 Å². The van der Waals surface area contributed by atoms with Crippen molar-refractivity contribution in [1.82, 2.24) is 4.90 Å². The number of benzene rings is 3. The maximum absolute atomic E-state index is 9.79. The molecule has 29 heavy (non-hydrogen) atoms. The van der Waals surface area contributed by atoms with Crippen LogP contribution in [0.3, 0.4) is 0 Å². The minimum absolute atomic E-state index is 0.0970. The first kappa shape index (κ1) is 19.5. The molecule has 4 rings (SSSR count). The van der Waals surface area contributed by atoms with E-state index in [0.29, 0.717) is 0 Å². The number of aliphatic hydroxyl groups excluding tert-OH is 1. The summed E-state index contributed by atoms with van der Waals surface area (Å²) in [5.41, 5.74) is 4.82. The summed E-state index contributed by atoms with van der Waals surface area (Å²) < 4.78 is 0. The van der Waals surface area contributed by atoms with Crippen molar-refractivity contribution >= 4 is 11.4 Å². The molecule has 3 aromatic carbocycles. The van der Waals surface area contributed by atoms with Crippen molar-refractivity contribution in [3.05, 3.63) is 96.1 Å². The van der Waals surface area contributed by atoms with E-state index in [4.69, 9.17) is 0 Å². The highest BCUT2D eigenvalue weighted by atomic mass is 16.3. The van der Waals surface area contributed by atoms with Gasteiger partial charge < -0.3 is 15.3 Å². The molecule has 1 heterocycles. The molecule has 1 aliphatic rings. The number of aliphatic hydroxyl groups is 1. The van der Waals surface area contributed by atoms with Crippen LogP contribution in [0.4, 0.5) is 11.4 Å². The third-order valence-corrected chi connectivity index (χ3v) is 5.63. The standard InChI is InChI=1S/C25H29N3O/c1-20(29)27-15-17-28(18-16-27)24-14-8-13-23(19-24)26-25(21-9-4-2-5-10-21)22-11-6-3-7-12-22/h2-14,19-20,25-26,29H,15-18H2,1H3. The van der Waals surface area contributed by atoms with E-state index in [1.807, 2.05) is 6.92 Å². The zero-order valence-corrected chi connectivity index (χ0v) is 16.9. The average Bonchev–Trinajstić information content (AvgIpc) is 2.79. The van der Waals surface area contributed by atoms with Gasteiger partial charge in [0.05, 0.1) is 6.04 Å². The van der Waals surface area contributed by atoms with Crippen molar-refractivity contribution in [2.75, 3.05) is 36.4 Å². The van der Waals surface area contributed by atoms with Gasteiger partial charge in [0.25, 0.3) is 0 Å². The normalized spacial score (nSPS) is 16.0. The van der Waals surface area contributed by atoms with E-state index in [-0.39, 0.29) is 12.3 Å². The Morgan fingerprint density at radius 3 is 1.90 bits per heavy atom. The van der Waals surface area contributed by atoms with Gasteiger partial charge in [0.1, 0.15) is 6.23 Å². The minimum atomic E-state index is -0.373. The molecule has 0 aromatic heterocycles. The van der Waals surface area contributed by atoms with Crippen LogP contribution in [0.2, 0.25) is 0 Å². The van der Waals surface area contributed by atoms with Gasteiger partial charge in [0.2, 0.25) is 0 Å². The summed E-state index contributed by atoms with van der Waals surface area (Å²) in [6.45, 7) is 5.45. The number of hydrogen-bond donors (Lipinski definition) is 2. The maximum Gasteiger partial charge on any atom is 0.104 e. The predicted molar refractivity (Wildman–Crippen MR) is 120 cm³/mol. The molecule has 2 N–H and O–H groups in total. The van der Waals surface area contributed by atoms with Gasteiger partial charge >= 0.3 is 0 Å². The quantitative estimate of drug-likeness (QED) is 0.660. The fraction of sp³-hybridized carbons (Fsp3) is 0.280. The van der Waals surface area contributed by atoms with Crippen LogP contribution in [-0.4, -0.2) is 42.4 Å². The molecular formula is C25H29N3O. The van der Waals surface area contributed by atoms with Crippen LogP contribution in [0.1, 0.15) is 24.1 Å². The van der Waals surface area contributed by atoms with Gasteiger partial charge in [-0.05, 0) is 36.2 Å². The van der Waals surface area contributed by atoms with E-state index < -0.39 is 0 Å². The monoisotopic (exact) mass is 387 g/mol. The highest BCUT2D eigenvalue weighted by Gasteiger charge is 2.20. The Labute approximate surface area is 173 Å². The number of piperazine rings is 1. The van der Waals surface area contributed by atoms with E-state index in [2.05, 4.69) is 100 Å². The average molecular weight is 388 g/mol. The van der Waals surface area contributed by atoms with Crippen LogP contribution in [0.25, 0.3) is 0 Å². The third kappa shape index (κ3) is 4.78. The minimum Gasteiger partial charge on any atom is -0.379 e. The first-order valence-electron chi connectivity index (χ1n) is 10.3. The molecule has 4 nitrogen and oxygen atoms in total. The molecule has 3 aromatic rings. The Bertz CT molecular complexity index is 851. The van der Waals surface area contributed by atoms with Crippen LogP contribution < -0.4 is 10.2 Å². The number of nitrogens with zero attached hydrogens (tertiary/aromatic N) is 2. The first-order valence-corrected chi connectivity index (χ1v) is 10.3. The molecule has 1 aliphatic heterocycles. The van der Waals surface area contributed by atoms with Crippen molar-refractivity contribution in [2.45, 2.75) is 19.2 Å². The molecule has 0 amide bonds. The fourth-order valence-corrected chi connectivity index (χ4v) is 3.96. The highest BCUT2D eigenvalue weighted by molar-refractivity contribution is 5.60. The Hall–Kier alpha value is -2.82. The van der Waals surface area contributed by atoms with E-state index in [1.165, 1.54) is 16.8 Å². The molecule has 4 heteroatoms. The molecule has 150 valence electrons. The lowest BCUT2D eigenvalue weighted by molar-refractivity contribution is 0.0153. The summed E-state index contributed by atoms with van der Waals surface area (Å²) in [4.78, 5) is 4.50. The highest BCUT2D eigenvalue weighted by Crippen LogP contribution is 2.29. The number of hydrogen-bond acceptors (Lipinski definition) is 4. The molecule has 1 atom stereocenters. The van der Waals surface area contributed by atoms with Crippen LogP contribution >= 0.6 is 0 Å². The zero-order chi connectivity index (χ0) is 20.1. The lowest BCUT2D eigenvalue weighted by Gasteiger charge is -2.37. The SMILES string of the molecule is CC(O)N1CCN(c2cccc(NC(c3ccccc3)c3ccccc3)c2)CC1. The number of anilines is 2. The van der Waals surface area contributed by atoms with E-state index >= 15 is 0 Å². The molecule has 0 aliphatic carbocycles. The maximum atomic E-state index is 9.79. The van der Waals surface area contributed by atoms with Crippen molar-refractivity contribution in [3.63, 3.8) is 0 Å². The molecule has 1 fully saturated rings. The van der Waals surface area contributed by atoms with Crippen LogP contribution in [0.5, 0.6) is 0 Å². The van der Waals surface area contributed by atoms with E-state index in [9.17, 15) is 5.11 Å². The molecule has 0 bridgehead atoms. The molecule has 1 unspecified atom stereocenters. The molecule has 0 radical (unpaired) electrons. The van der Waals surface area contributed by atoms with Gasteiger partial charge in [-0.3, -0.25) is 4.90 Å². The summed E-state index contributed by atoms with van der Waals surface area (Å²) in [6.07, 6.45) is -0.373. The second kappa shape index (κ2) is 9.12. The summed E-state index contributed by atoms with van der Waals surface area (Å²) in [6, 6.07) is 29.9. The predicted octanol–water partition coefficient (Wildman–Crippen LogP) is 4.35. The molecule has 1 saturated heterocycles. The van der Waals surface area contributed by atoms with Crippen molar-refractivity contribution in [2.24, 2.45) is 0 Å². The van der Waals surface area contributed by atoms with E-state index in [1.54, 1.807) is 0 Å². The Balaban J connectivity index is 1.54. The number of rotatable bonds is 6. The second-order valence-electron chi connectivity index (χ2n) is 7.60. The van der Waals surface area contributed by atoms with Gasteiger partial charge in [0, 0.05) is 37.6 Å². The van der Waals surface area contributed by atoms with Gasteiger partial charge in [0.15, 0.2) is 0 Å². The third-order valence-electron chi connectivity index (χ3n) is 5.63. The Kier molecular flexibility index (Phi) is 6.13. The lowest BCUT2D eigenvalue weighted by Crippen LogP contribution is -2.49. The van der Waals surface area contributed by atoms with Gasteiger partial charge in [-0.25, -0.2) is 0 Å². The van der Waals surface area contributed by atoms with Gasteiger partial charge in [-0.1, -0.05) is 66.7 Å². The second-order valence-corrected chi connectivity index (χ2v) is 7.60. The van der Waals surface area contributed by atoms with Crippen molar-refractivity contribution in [3.8, 4) is 0 Å². The van der Waals surface area contributed by atoms with Gasteiger partial charge in [-0.15, -0.1) is 0 Å². The smallest absolute Gasteiger partial charge is 0.104 e. The summed E-state index contributed by atoms with van der Waals surface area (Å²) >= 11 is 0. The summed E-state index contributed by atoms with van der Waals surface area (Å²) in [5.74, 6) is 0. The zero-order valence-electron chi connectivity index (χ0n) is 16.9. The Morgan fingerprint density at radius 1 is 0.759 bits per heavy atom. The summed E-state index contributed by atoms with van der Waals surface area (Å²) in [7, 11) is 0.